The number of aromatic hydroxyl groups is 1. The van der Waals surface area contributed by atoms with Gasteiger partial charge in [-0.25, -0.2) is 9.37 Å². The van der Waals surface area contributed by atoms with Crippen LogP contribution in [0.5, 0.6) is 5.75 Å². The van der Waals surface area contributed by atoms with Gasteiger partial charge in [-0.05, 0) is 49.7 Å². The normalized spacial score (nSPS) is 16.4. The number of rotatable bonds is 4. The van der Waals surface area contributed by atoms with Crippen LogP contribution in [0.2, 0.25) is 0 Å². The molecule has 6 nitrogen and oxygen atoms in total. The standard InChI is InChI=1S/C22H17FN2O4S/c1-11-21(30-12(2)24-11)19(27)17-18(13-6-8-16(26)9-7-13)25(22(29)20(17)28)15-5-3-4-14(23)10-15/h3-10,18,26,28H,1-2H3. The molecule has 2 aromatic carbocycles. The highest BCUT2D eigenvalue weighted by Gasteiger charge is 2.45. The van der Waals surface area contributed by atoms with Crippen LogP contribution in [0.1, 0.15) is 32.0 Å². The van der Waals surface area contributed by atoms with E-state index in [4.69, 9.17) is 0 Å². The number of hydrogen-bond donors (Lipinski definition) is 2. The number of anilines is 1. The molecular formula is C22H17FN2O4S. The summed E-state index contributed by atoms with van der Waals surface area (Å²) >= 11 is 1.18. The Labute approximate surface area is 175 Å². The van der Waals surface area contributed by atoms with Gasteiger partial charge in [0.2, 0.25) is 5.78 Å². The number of aliphatic hydroxyl groups is 1. The van der Waals surface area contributed by atoms with Crippen molar-refractivity contribution in [1.29, 1.82) is 0 Å². The van der Waals surface area contributed by atoms with Crippen molar-refractivity contribution in [2.45, 2.75) is 19.9 Å². The van der Waals surface area contributed by atoms with Gasteiger partial charge in [0.15, 0.2) is 5.76 Å². The van der Waals surface area contributed by atoms with Crippen molar-refractivity contribution in [3.63, 3.8) is 0 Å². The van der Waals surface area contributed by atoms with E-state index < -0.39 is 29.3 Å². The largest absolute Gasteiger partial charge is 0.508 e. The Kier molecular flexibility index (Phi) is 4.87. The number of phenols is 1. The summed E-state index contributed by atoms with van der Waals surface area (Å²) in [7, 11) is 0. The minimum atomic E-state index is -0.991. The second kappa shape index (κ2) is 7.38. The van der Waals surface area contributed by atoms with Gasteiger partial charge in [0.25, 0.3) is 5.91 Å². The number of carbonyl (C=O) groups is 2. The molecule has 0 spiro atoms. The summed E-state index contributed by atoms with van der Waals surface area (Å²) in [6.07, 6.45) is 0. The van der Waals surface area contributed by atoms with E-state index in [1.165, 1.54) is 46.6 Å². The smallest absolute Gasteiger partial charge is 0.294 e. The molecule has 1 atom stereocenters. The van der Waals surface area contributed by atoms with Crippen molar-refractivity contribution in [3.8, 4) is 5.75 Å². The molecule has 1 aliphatic rings. The maximum absolute atomic E-state index is 13.9. The number of carbonyl (C=O) groups excluding carboxylic acids is 2. The van der Waals surface area contributed by atoms with Crippen molar-refractivity contribution in [2.24, 2.45) is 0 Å². The fraction of sp³-hybridized carbons (Fsp3) is 0.136. The number of Topliss-reactive ketones (excluding diaryl/α,β-unsaturated/α-hetero) is 1. The van der Waals surface area contributed by atoms with E-state index in [0.717, 1.165) is 6.07 Å². The molecule has 1 aliphatic heterocycles. The van der Waals surface area contributed by atoms with Gasteiger partial charge in [0.05, 0.1) is 27.2 Å². The number of phenolic OH excluding ortho intramolecular Hbond substituents is 1. The summed E-state index contributed by atoms with van der Waals surface area (Å²) in [5, 5.41) is 21.0. The number of amides is 1. The molecule has 0 saturated carbocycles. The highest BCUT2D eigenvalue weighted by atomic mass is 32.1. The Morgan fingerprint density at radius 3 is 2.43 bits per heavy atom. The van der Waals surface area contributed by atoms with Gasteiger partial charge >= 0.3 is 0 Å². The maximum atomic E-state index is 13.9. The molecular weight excluding hydrogens is 407 g/mol. The molecule has 0 radical (unpaired) electrons. The third-order valence-electron chi connectivity index (χ3n) is 4.86. The van der Waals surface area contributed by atoms with Crippen molar-refractivity contribution < 1.29 is 24.2 Å². The van der Waals surface area contributed by atoms with Crippen LogP contribution in [-0.4, -0.2) is 26.9 Å². The van der Waals surface area contributed by atoms with E-state index in [2.05, 4.69) is 4.98 Å². The average molecular weight is 424 g/mol. The zero-order valence-corrected chi connectivity index (χ0v) is 16.9. The monoisotopic (exact) mass is 424 g/mol. The fourth-order valence-electron chi connectivity index (χ4n) is 3.57. The number of nitrogens with zero attached hydrogens (tertiary/aromatic N) is 2. The molecule has 2 heterocycles. The summed E-state index contributed by atoms with van der Waals surface area (Å²) < 4.78 is 13.9. The van der Waals surface area contributed by atoms with Crippen LogP contribution in [0, 0.1) is 19.7 Å². The van der Waals surface area contributed by atoms with E-state index in [1.54, 1.807) is 26.0 Å². The quantitative estimate of drug-likeness (QED) is 0.607. The van der Waals surface area contributed by atoms with Gasteiger partial charge in [-0.15, -0.1) is 11.3 Å². The molecule has 1 aromatic heterocycles. The summed E-state index contributed by atoms with van der Waals surface area (Å²) in [5.41, 5.74) is 1.08. The van der Waals surface area contributed by atoms with E-state index in [9.17, 15) is 24.2 Å². The van der Waals surface area contributed by atoms with Crippen LogP contribution in [-0.2, 0) is 4.79 Å². The van der Waals surface area contributed by atoms with Crippen LogP contribution in [0.15, 0.2) is 59.9 Å². The third kappa shape index (κ3) is 3.25. The lowest BCUT2D eigenvalue weighted by Crippen LogP contribution is -2.31. The first-order chi connectivity index (χ1) is 14.3. The van der Waals surface area contributed by atoms with Crippen LogP contribution in [0.3, 0.4) is 0 Å². The molecule has 8 heteroatoms. The number of aryl methyl sites for hydroxylation is 2. The Bertz CT molecular complexity index is 1200. The Morgan fingerprint density at radius 2 is 1.83 bits per heavy atom. The predicted octanol–water partition coefficient (Wildman–Crippen LogP) is 4.39. The molecule has 2 N–H and O–H groups in total. The number of benzene rings is 2. The highest BCUT2D eigenvalue weighted by molar-refractivity contribution is 7.14. The first kappa shape index (κ1) is 19.8. The molecule has 0 fully saturated rings. The number of ketones is 1. The van der Waals surface area contributed by atoms with Gasteiger partial charge < -0.3 is 10.2 Å². The minimum Gasteiger partial charge on any atom is -0.508 e. The number of aliphatic hydroxyl groups excluding tert-OH is 1. The van der Waals surface area contributed by atoms with Gasteiger partial charge in [-0.1, -0.05) is 18.2 Å². The zero-order chi connectivity index (χ0) is 21.6. The summed E-state index contributed by atoms with van der Waals surface area (Å²) in [6, 6.07) is 10.3. The van der Waals surface area contributed by atoms with Crippen LogP contribution < -0.4 is 4.90 Å². The lowest BCUT2D eigenvalue weighted by Gasteiger charge is -2.27. The molecule has 0 aliphatic carbocycles. The Morgan fingerprint density at radius 1 is 1.13 bits per heavy atom. The SMILES string of the molecule is Cc1nc(C)c(C(=O)C2=C(O)C(=O)N(c3cccc(F)c3)C2c2ccc(O)cc2)s1. The highest BCUT2D eigenvalue weighted by Crippen LogP contribution is 2.43. The minimum absolute atomic E-state index is 0.00961. The second-order valence-electron chi connectivity index (χ2n) is 6.89. The molecule has 152 valence electrons. The van der Waals surface area contributed by atoms with E-state index in [1.807, 2.05) is 0 Å². The van der Waals surface area contributed by atoms with Crippen LogP contribution in [0.4, 0.5) is 10.1 Å². The number of halogens is 1. The lowest BCUT2D eigenvalue weighted by atomic mass is 9.94. The van der Waals surface area contributed by atoms with E-state index >= 15 is 0 Å². The van der Waals surface area contributed by atoms with Crippen LogP contribution in [0.25, 0.3) is 0 Å². The average Bonchev–Trinajstić information content (AvgIpc) is 3.18. The van der Waals surface area contributed by atoms with Gasteiger partial charge in [-0.2, -0.15) is 0 Å². The van der Waals surface area contributed by atoms with E-state index in [-0.39, 0.29) is 17.0 Å². The summed E-state index contributed by atoms with van der Waals surface area (Å²) in [6.45, 7) is 3.45. The molecule has 0 bridgehead atoms. The Hall–Kier alpha value is -3.52. The zero-order valence-electron chi connectivity index (χ0n) is 16.1. The first-order valence-electron chi connectivity index (χ1n) is 9.08. The number of aromatic nitrogens is 1. The van der Waals surface area contributed by atoms with Crippen molar-refractivity contribution in [3.05, 3.63) is 86.8 Å². The first-order valence-corrected chi connectivity index (χ1v) is 9.89. The molecule has 30 heavy (non-hydrogen) atoms. The predicted molar refractivity (Wildman–Crippen MR) is 110 cm³/mol. The summed E-state index contributed by atoms with van der Waals surface area (Å²) in [5.74, 6) is -2.55. The number of thiazole rings is 1. The van der Waals surface area contributed by atoms with Crippen molar-refractivity contribution >= 4 is 28.7 Å². The molecule has 0 saturated heterocycles. The topological polar surface area (TPSA) is 90.7 Å². The Balaban J connectivity index is 1.90. The van der Waals surface area contributed by atoms with Crippen molar-refractivity contribution in [2.75, 3.05) is 4.90 Å². The van der Waals surface area contributed by atoms with Gasteiger partial charge in [0, 0.05) is 5.69 Å². The molecule has 3 aromatic rings. The molecule has 1 amide bonds. The van der Waals surface area contributed by atoms with Crippen molar-refractivity contribution in [1.82, 2.24) is 4.98 Å². The maximum Gasteiger partial charge on any atom is 0.294 e. The second-order valence-corrected chi connectivity index (χ2v) is 8.09. The number of hydrogen-bond acceptors (Lipinski definition) is 6. The van der Waals surface area contributed by atoms with Gasteiger partial charge in [0.1, 0.15) is 11.6 Å². The molecule has 4 rings (SSSR count). The third-order valence-corrected chi connectivity index (χ3v) is 5.93. The molecule has 1 unspecified atom stereocenters. The fourth-order valence-corrected chi connectivity index (χ4v) is 4.44. The lowest BCUT2D eigenvalue weighted by molar-refractivity contribution is -0.117. The van der Waals surface area contributed by atoms with Crippen LogP contribution >= 0.6 is 11.3 Å². The van der Waals surface area contributed by atoms with Gasteiger partial charge in [-0.3, -0.25) is 14.5 Å². The summed E-state index contributed by atoms with van der Waals surface area (Å²) in [4.78, 5) is 32.1. The van der Waals surface area contributed by atoms with E-state index in [0.29, 0.717) is 21.1 Å².